The molecule has 0 aromatic carbocycles. The SMILES string of the molecule is C=CC(CC=C[Si](C)(C)C(C)C)OC1CCCCC1. The normalized spacial score (nSPS) is 20.1. The van der Waals surface area contributed by atoms with Crippen molar-refractivity contribution in [3.05, 3.63) is 24.4 Å². The van der Waals surface area contributed by atoms with Crippen molar-refractivity contribution in [2.45, 2.75) is 83.2 Å². The minimum Gasteiger partial charge on any atom is -0.371 e. The van der Waals surface area contributed by atoms with Crippen molar-refractivity contribution in [2.24, 2.45) is 0 Å². The Labute approximate surface area is 121 Å². The van der Waals surface area contributed by atoms with Crippen LogP contribution in [-0.2, 0) is 4.74 Å². The molecule has 1 fully saturated rings. The van der Waals surface area contributed by atoms with Gasteiger partial charge in [0.25, 0.3) is 0 Å². The number of rotatable bonds is 7. The summed E-state index contributed by atoms with van der Waals surface area (Å²) in [7, 11) is -1.18. The summed E-state index contributed by atoms with van der Waals surface area (Å²) in [6.07, 6.45) is 12.5. The van der Waals surface area contributed by atoms with Gasteiger partial charge in [0.15, 0.2) is 0 Å². The third kappa shape index (κ3) is 6.09. The molecule has 1 nitrogen and oxygen atoms in total. The molecular weight excluding hydrogens is 248 g/mol. The average molecular weight is 281 g/mol. The van der Waals surface area contributed by atoms with E-state index in [0.717, 1.165) is 12.0 Å². The fourth-order valence-corrected chi connectivity index (χ4v) is 3.48. The van der Waals surface area contributed by atoms with E-state index in [0.29, 0.717) is 6.10 Å². The van der Waals surface area contributed by atoms with E-state index in [1.54, 1.807) is 0 Å². The molecule has 1 aliphatic rings. The van der Waals surface area contributed by atoms with Crippen molar-refractivity contribution in [3.8, 4) is 0 Å². The van der Waals surface area contributed by atoms with Crippen LogP contribution in [0.2, 0.25) is 18.6 Å². The summed E-state index contributed by atoms with van der Waals surface area (Å²) in [4.78, 5) is 0. The van der Waals surface area contributed by atoms with E-state index in [1.807, 2.05) is 6.08 Å². The maximum Gasteiger partial charge on any atom is 0.0791 e. The molecule has 0 aromatic rings. The first kappa shape index (κ1) is 16.7. The van der Waals surface area contributed by atoms with Gasteiger partial charge < -0.3 is 4.74 Å². The molecule has 0 amide bonds. The van der Waals surface area contributed by atoms with E-state index < -0.39 is 8.07 Å². The van der Waals surface area contributed by atoms with Gasteiger partial charge in [-0.3, -0.25) is 0 Å². The van der Waals surface area contributed by atoms with Gasteiger partial charge in [-0.25, -0.2) is 0 Å². The Kier molecular flexibility index (Phi) is 7.09. The summed E-state index contributed by atoms with van der Waals surface area (Å²) in [6, 6.07) is 0. The fourth-order valence-electron chi connectivity index (χ4n) is 2.35. The molecule has 0 aliphatic heterocycles. The van der Waals surface area contributed by atoms with Crippen molar-refractivity contribution in [2.75, 3.05) is 0 Å². The van der Waals surface area contributed by atoms with Crippen molar-refractivity contribution < 1.29 is 4.74 Å². The van der Waals surface area contributed by atoms with Crippen molar-refractivity contribution >= 4 is 8.07 Å². The molecule has 0 heterocycles. The molecule has 19 heavy (non-hydrogen) atoms. The third-order valence-electron chi connectivity index (χ3n) is 4.59. The number of hydrogen-bond acceptors (Lipinski definition) is 1. The van der Waals surface area contributed by atoms with E-state index in [2.05, 4.69) is 45.3 Å². The largest absolute Gasteiger partial charge is 0.371 e. The summed E-state index contributed by atoms with van der Waals surface area (Å²) in [5, 5.41) is 0. The molecule has 0 saturated heterocycles. The maximum absolute atomic E-state index is 6.16. The first-order valence-corrected chi connectivity index (χ1v) is 11.1. The molecule has 1 rings (SSSR count). The fraction of sp³-hybridized carbons (Fsp3) is 0.765. The highest BCUT2D eigenvalue weighted by atomic mass is 28.3. The summed E-state index contributed by atoms with van der Waals surface area (Å²) in [5.41, 5.74) is 3.27. The Morgan fingerprint density at radius 1 is 1.21 bits per heavy atom. The lowest BCUT2D eigenvalue weighted by Gasteiger charge is -2.26. The van der Waals surface area contributed by atoms with E-state index in [1.165, 1.54) is 32.1 Å². The Bertz CT molecular complexity index is 288. The van der Waals surface area contributed by atoms with E-state index in [-0.39, 0.29) is 6.10 Å². The monoisotopic (exact) mass is 280 g/mol. The standard InChI is InChI=1S/C17H32OSi/c1-6-16(18-17-11-8-7-9-12-17)13-10-14-19(4,5)15(2)3/h6,10,14-17H,1,7-9,11-13H2,2-5H3. The highest BCUT2D eigenvalue weighted by Crippen LogP contribution is 2.24. The van der Waals surface area contributed by atoms with E-state index >= 15 is 0 Å². The van der Waals surface area contributed by atoms with Gasteiger partial charge in [-0.05, 0) is 24.8 Å². The predicted octanol–water partition coefficient (Wildman–Crippen LogP) is 5.49. The Morgan fingerprint density at radius 3 is 2.37 bits per heavy atom. The molecule has 2 heteroatoms. The number of ether oxygens (including phenoxy) is 1. The summed E-state index contributed by atoms with van der Waals surface area (Å²) in [6.45, 7) is 13.5. The van der Waals surface area contributed by atoms with Gasteiger partial charge in [0, 0.05) is 0 Å². The molecule has 1 atom stereocenters. The van der Waals surface area contributed by atoms with Crippen LogP contribution in [0.3, 0.4) is 0 Å². The van der Waals surface area contributed by atoms with Gasteiger partial charge in [0.2, 0.25) is 0 Å². The molecule has 0 spiro atoms. The first-order valence-electron chi connectivity index (χ1n) is 7.91. The van der Waals surface area contributed by atoms with Crippen molar-refractivity contribution in [1.29, 1.82) is 0 Å². The molecule has 0 aromatic heterocycles. The van der Waals surface area contributed by atoms with Gasteiger partial charge in [0.1, 0.15) is 0 Å². The molecule has 1 unspecified atom stereocenters. The predicted molar refractivity (Wildman–Crippen MR) is 88.3 cm³/mol. The van der Waals surface area contributed by atoms with Crippen molar-refractivity contribution in [3.63, 3.8) is 0 Å². The van der Waals surface area contributed by atoms with Crippen molar-refractivity contribution in [1.82, 2.24) is 0 Å². The summed E-state index contributed by atoms with van der Waals surface area (Å²) >= 11 is 0. The highest BCUT2D eigenvalue weighted by molar-refractivity contribution is 6.83. The second-order valence-corrected chi connectivity index (χ2v) is 11.9. The lowest BCUT2D eigenvalue weighted by atomic mass is 9.97. The minimum absolute atomic E-state index is 0.205. The van der Waals surface area contributed by atoms with E-state index in [4.69, 9.17) is 4.74 Å². The molecule has 0 N–H and O–H groups in total. The van der Waals surface area contributed by atoms with Crippen LogP contribution in [0.25, 0.3) is 0 Å². The zero-order valence-electron chi connectivity index (χ0n) is 13.3. The van der Waals surface area contributed by atoms with Gasteiger partial charge >= 0.3 is 0 Å². The van der Waals surface area contributed by atoms with Crippen LogP contribution in [0.4, 0.5) is 0 Å². The molecule has 0 bridgehead atoms. The second-order valence-electron chi connectivity index (χ2n) is 6.78. The molecular formula is C17H32OSi. The number of hydrogen-bond donors (Lipinski definition) is 0. The Morgan fingerprint density at radius 2 is 1.84 bits per heavy atom. The molecule has 1 saturated carbocycles. The molecule has 1 aliphatic carbocycles. The third-order valence-corrected chi connectivity index (χ3v) is 8.66. The minimum atomic E-state index is -1.18. The quantitative estimate of drug-likeness (QED) is 0.442. The van der Waals surface area contributed by atoms with Crippen LogP contribution < -0.4 is 0 Å². The zero-order chi connectivity index (χ0) is 14.3. The first-order chi connectivity index (χ1) is 8.95. The van der Waals surface area contributed by atoms with Crippen LogP contribution in [0, 0.1) is 0 Å². The Balaban J connectivity index is 2.39. The maximum atomic E-state index is 6.16. The lowest BCUT2D eigenvalue weighted by Crippen LogP contribution is -2.27. The molecule has 0 radical (unpaired) electrons. The van der Waals surface area contributed by atoms with Gasteiger partial charge in [0.05, 0.1) is 20.3 Å². The van der Waals surface area contributed by atoms with Gasteiger partial charge in [-0.1, -0.05) is 64.1 Å². The topological polar surface area (TPSA) is 9.23 Å². The van der Waals surface area contributed by atoms with E-state index in [9.17, 15) is 0 Å². The van der Waals surface area contributed by atoms with Gasteiger partial charge in [-0.15, -0.1) is 6.58 Å². The summed E-state index contributed by atoms with van der Waals surface area (Å²) in [5.74, 6) is 0. The van der Waals surface area contributed by atoms with Crippen LogP contribution in [0.5, 0.6) is 0 Å². The summed E-state index contributed by atoms with van der Waals surface area (Å²) < 4.78 is 6.16. The second kappa shape index (κ2) is 8.06. The average Bonchev–Trinajstić information content (AvgIpc) is 2.38. The highest BCUT2D eigenvalue weighted by Gasteiger charge is 2.21. The molecule has 110 valence electrons. The van der Waals surface area contributed by atoms with Gasteiger partial charge in [-0.2, -0.15) is 0 Å². The lowest BCUT2D eigenvalue weighted by molar-refractivity contribution is -0.00534. The van der Waals surface area contributed by atoms with Crippen LogP contribution in [-0.4, -0.2) is 20.3 Å². The van der Waals surface area contributed by atoms with Crippen LogP contribution in [0.15, 0.2) is 24.4 Å². The van der Waals surface area contributed by atoms with Crippen LogP contribution in [0.1, 0.15) is 52.4 Å². The van der Waals surface area contributed by atoms with Crippen LogP contribution >= 0.6 is 0 Å². The zero-order valence-corrected chi connectivity index (χ0v) is 14.3. The Hall–Kier alpha value is -0.343. The smallest absolute Gasteiger partial charge is 0.0791 e.